The molecule has 0 bridgehead atoms. The first-order valence-corrected chi connectivity index (χ1v) is 11.8. The number of likely N-dealkylation sites (N-methyl/N-ethyl adjacent to an activating group) is 1. The Balaban J connectivity index is 1.92. The average molecular weight is 526 g/mol. The number of carbonyl (C=O) groups is 1. The second-order valence-corrected chi connectivity index (χ2v) is 10.3. The summed E-state index contributed by atoms with van der Waals surface area (Å²) in [6.45, 7) is 6.83. The van der Waals surface area contributed by atoms with E-state index in [0.717, 1.165) is 5.56 Å². The van der Waals surface area contributed by atoms with Crippen LogP contribution in [0.25, 0.3) is 0 Å². The Morgan fingerprint density at radius 1 is 1.08 bits per heavy atom. The molecule has 12 heteroatoms. The molecule has 1 aliphatic heterocycles. The van der Waals surface area contributed by atoms with Crippen molar-refractivity contribution in [2.45, 2.75) is 38.5 Å². The predicted molar refractivity (Wildman–Crippen MR) is 135 cm³/mol. The molecule has 1 aliphatic rings. The van der Waals surface area contributed by atoms with Crippen molar-refractivity contribution >= 4 is 34.9 Å². The van der Waals surface area contributed by atoms with E-state index in [2.05, 4.69) is 15.3 Å². The van der Waals surface area contributed by atoms with Crippen LogP contribution in [-0.2, 0) is 4.79 Å². The fraction of sp³-hybridized carbons (Fsp3) is 0.500. The smallest absolute Gasteiger partial charge is 0.365 e. The molecule has 2 aromatic rings. The Morgan fingerprint density at radius 2 is 1.67 bits per heavy atom. The van der Waals surface area contributed by atoms with Crippen LogP contribution in [-0.4, -0.2) is 83.4 Å². The van der Waals surface area contributed by atoms with E-state index in [-0.39, 0.29) is 23.1 Å². The van der Waals surface area contributed by atoms with E-state index in [1.165, 1.54) is 11.2 Å². The number of carbonyl (C=O) groups excluding carboxylic acids is 1. The SMILES string of the molecule is CN(C)C(=O)C(c1ccc(Cl)cc1)N1CCN(c2ncnc(NC(C)(C)C)c2C(=N)C(F)(F)F)CC1. The molecule has 0 saturated carbocycles. The van der Waals surface area contributed by atoms with Gasteiger partial charge in [-0.1, -0.05) is 23.7 Å². The van der Waals surface area contributed by atoms with Crippen molar-refractivity contribution in [2.24, 2.45) is 0 Å². The Kier molecular flexibility index (Phi) is 8.14. The number of nitrogens with one attached hydrogen (secondary N) is 2. The van der Waals surface area contributed by atoms with E-state index in [1.54, 1.807) is 64.0 Å². The van der Waals surface area contributed by atoms with E-state index in [0.29, 0.717) is 31.2 Å². The topological polar surface area (TPSA) is 88.5 Å². The van der Waals surface area contributed by atoms with Gasteiger partial charge in [0.2, 0.25) is 5.91 Å². The van der Waals surface area contributed by atoms with Gasteiger partial charge >= 0.3 is 6.18 Å². The lowest BCUT2D eigenvalue weighted by Crippen LogP contribution is -2.51. The monoisotopic (exact) mass is 525 g/mol. The van der Waals surface area contributed by atoms with Crippen LogP contribution in [0.5, 0.6) is 0 Å². The molecule has 1 unspecified atom stereocenters. The molecular weight excluding hydrogens is 495 g/mol. The number of piperazine rings is 1. The third-order valence-electron chi connectivity index (χ3n) is 5.69. The lowest BCUT2D eigenvalue weighted by molar-refractivity contribution is -0.134. The summed E-state index contributed by atoms with van der Waals surface area (Å²) in [5.74, 6) is -0.108. The first kappa shape index (κ1) is 27.7. The quantitative estimate of drug-likeness (QED) is 0.549. The molecule has 0 spiro atoms. The zero-order valence-electron chi connectivity index (χ0n) is 20.9. The Bertz CT molecular complexity index is 1090. The first-order valence-electron chi connectivity index (χ1n) is 11.4. The molecule has 1 aromatic heterocycles. The lowest BCUT2D eigenvalue weighted by Gasteiger charge is -2.40. The standard InChI is InChI=1S/C24H31ClF3N7O/c1-23(2,3)32-20-17(19(29)24(26,27)28)21(31-14-30-20)35-12-10-34(11-13-35)18(22(36)33(4)5)15-6-8-16(25)9-7-15/h6-9,14,18,29H,10-13H2,1-5H3,(H,30,31,32). The largest absolute Gasteiger partial charge is 0.433 e. The summed E-state index contributed by atoms with van der Waals surface area (Å²) in [5, 5.41) is 11.4. The van der Waals surface area contributed by atoms with Crippen molar-refractivity contribution in [3.8, 4) is 0 Å². The number of hydrogen-bond acceptors (Lipinski definition) is 7. The maximum Gasteiger partial charge on any atom is 0.433 e. The first-order chi connectivity index (χ1) is 16.7. The highest BCUT2D eigenvalue weighted by atomic mass is 35.5. The highest BCUT2D eigenvalue weighted by Crippen LogP contribution is 2.34. The summed E-state index contributed by atoms with van der Waals surface area (Å²) in [4.78, 5) is 26.5. The molecule has 1 fully saturated rings. The zero-order chi connectivity index (χ0) is 26.8. The molecule has 2 N–H and O–H groups in total. The number of nitrogens with zero attached hydrogens (tertiary/aromatic N) is 5. The molecular formula is C24H31ClF3N7O. The van der Waals surface area contributed by atoms with E-state index in [4.69, 9.17) is 17.0 Å². The maximum absolute atomic E-state index is 13.7. The zero-order valence-corrected chi connectivity index (χ0v) is 21.7. The highest BCUT2D eigenvalue weighted by molar-refractivity contribution is 6.30. The second-order valence-electron chi connectivity index (χ2n) is 9.88. The molecule has 196 valence electrons. The Labute approximate surface area is 214 Å². The number of alkyl halides is 3. The molecule has 8 nitrogen and oxygen atoms in total. The van der Waals surface area contributed by atoms with Crippen molar-refractivity contribution in [3.05, 3.63) is 46.7 Å². The van der Waals surface area contributed by atoms with Crippen molar-refractivity contribution in [1.29, 1.82) is 5.41 Å². The van der Waals surface area contributed by atoms with Gasteiger partial charge in [-0.05, 0) is 38.5 Å². The van der Waals surface area contributed by atoms with Crippen molar-refractivity contribution in [3.63, 3.8) is 0 Å². The van der Waals surface area contributed by atoms with Crippen molar-refractivity contribution < 1.29 is 18.0 Å². The molecule has 2 heterocycles. The Morgan fingerprint density at radius 3 is 2.17 bits per heavy atom. The van der Waals surface area contributed by atoms with Gasteiger partial charge in [0.05, 0.1) is 5.56 Å². The number of rotatable bonds is 6. The summed E-state index contributed by atoms with van der Waals surface area (Å²) in [7, 11) is 3.36. The summed E-state index contributed by atoms with van der Waals surface area (Å²) >= 11 is 6.03. The van der Waals surface area contributed by atoms with Crippen molar-refractivity contribution in [2.75, 3.05) is 50.5 Å². The maximum atomic E-state index is 13.7. The summed E-state index contributed by atoms with van der Waals surface area (Å²) in [5.41, 5.74) is -1.69. The number of anilines is 2. The minimum absolute atomic E-state index is 0.0423. The fourth-order valence-electron chi connectivity index (χ4n) is 4.03. The third kappa shape index (κ3) is 6.44. The van der Waals surface area contributed by atoms with Crippen LogP contribution >= 0.6 is 11.6 Å². The summed E-state index contributed by atoms with van der Waals surface area (Å²) in [6, 6.07) is 6.50. The van der Waals surface area contributed by atoms with E-state index in [1.807, 2.05) is 4.90 Å². The van der Waals surface area contributed by atoms with Gasteiger partial charge in [-0.2, -0.15) is 13.2 Å². The van der Waals surface area contributed by atoms with Crippen LogP contribution in [0.2, 0.25) is 5.02 Å². The van der Waals surface area contributed by atoms with E-state index in [9.17, 15) is 18.0 Å². The van der Waals surface area contributed by atoms with Crippen LogP contribution < -0.4 is 10.2 Å². The van der Waals surface area contributed by atoms with Gasteiger partial charge in [0.1, 0.15) is 24.0 Å². The number of benzene rings is 1. The van der Waals surface area contributed by atoms with Crippen LogP contribution in [0, 0.1) is 5.41 Å². The number of amides is 1. The number of aromatic nitrogens is 2. The molecule has 0 radical (unpaired) electrons. The molecule has 1 atom stereocenters. The van der Waals surface area contributed by atoms with Crippen LogP contribution in [0.3, 0.4) is 0 Å². The minimum atomic E-state index is -4.87. The fourth-order valence-corrected chi connectivity index (χ4v) is 4.16. The van der Waals surface area contributed by atoms with E-state index >= 15 is 0 Å². The predicted octanol–water partition coefficient (Wildman–Crippen LogP) is 4.22. The molecule has 1 saturated heterocycles. The highest BCUT2D eigenvalue weighted by Gasteiger charge is 2.41. The molecule has 36 heavy (non-hydrogen) atoms. The van der Waals surface area contributed by atoms with Crippen molar-refractivity contribution in [1.82, 2.24) is 19.8 Å². The van der Waals surface area contributed by atoms with Crippen LogP contribution in [0.4, 0.5) is 24.8 Å². The second kappa shape index (κ2) is 10.6. The third-order valence-corrected chi connectivity index (χ3v) is 5.95. The van der Waals surface area contributed by atoms with Crippen LogP contribution in [0.15, 0.2) is 30.6 Å². The van der Waals surface area contributed by atoms with Crippen LogP contribution in [0.1, 0.15) is 37.9 Å². The summed E-state index contributed by atoms with van der Waals surface area (Å²) in [6.07, 6.45) is -3.66. The number of hydrogen-bond donors (Lipinski definition) is 2. The number of halogens is 4. The normalized spacial score (nSPS) is 16.0. The summed E-state index contributed by atoms with van der Waals surface area (Å²) < 4.78 is 41.0. The van der Waals surface area contributed by atoms with Gasteiger partial charge in [-0.3, -0.25) is 15.1 Å². The molecule has 1 amide bonds. The lowest BCUT2D eigenvalue weighted by atomic mass is 10.0. The average Bonchev–Trinajstić information content (AvgIpc) is 2.78. The Hall–Kier alpha value is -2.92. The van der Waals surface area contributed by atoms with Gasteiger partial charge in [0.25, 0.3) is 0 Å². The van der Waals surface area contributed by atoms with Gasteiger partial charge in [0.15, 0.2) is 5.71 Å². The van der Waals surface area contributed by atoms with Gasteiger partial charge in [-0.25, -0.2) is 9.97 Å². The van der Waals surface area contributed by atoms with Gasteiger partial charge < -0.3 is 15.1 Å². The molecule has 3 rings (SSSR count). The molecule has 0 aliphatic carbocycles. The van der Waals surface area contributed by atoms with Gasteiger partial charge in [0, 0.05) is 50.8 Å². The minimum Gasteiger partial charge on any atom is -0.365 e. The molecule has 1 aromatic carbocycles. The van der Waals surface area contributed by atoms with Gasteiger partial charge in [-0.15, -0.1) is 0 Å². The van der Waals surface area contributed by atoms with E-state index < -0.39 is 23.5 Å².